The fourth-order valence-corrected chi connectivity index (χ4v) is 4.52. The number of hydrogen-bond acceptors (Lipinski definition) is 4. The number of rotatable bonds is 4. The first-order chi connectivity index (χ1) is 13.0. The number of aliphatic hydroxyl groups is 1. The minimum atomic E-state index is -4.40. The highest BCUT2D eigenvalue weighted by atomic mass is 19.4. The third kappa shape index (κ3) is 4.92. The fourth-order valence-electron chi connectivity index (χ4n) is 4.52. The Bertz CT molecular complexity index is 699. The number of halogens is 3. The second-order valence-electron chi connectivity index (χ2n) is 9.19. The number of piperidine rings is 1. The maximum atomic E-state index is 12.5. The molecular formula is C21H30F3NO3. The van der Waals surface area contributed by atoms with Crippen LogP contribution in [0, 0.1) is 11.3 Å². The van der Waals surface area contributed by atoms with Gasteiger partial charge in [-0.05, 0) is 53.9 Å². The average molecular weight is 401 g/mol. The van der Waals surface area contributed by atoms with Crippen LogP contribution in [-0.4, -0.2) is 49.1 Å². The number of fused-ring (bicyclic) bond motifs is 3. The van der Waals surface area contributed by atoms with Crippen molar-refractivity contribution in [2.45, 2.75) is 58.4 Å². The molecule has 1 aromatic carbocycles. The second-order valence-corrected chi connectivity index (χ2v) is 9.19. The summed E-state index contributed by atoms with van der Waals surface area (Å²) >= 11 is 0. The van der Waals surface area contributed by atoms with Crippen LogP contribution in [0.25, 0.3) is 0 Å². The van der Waals surface area contributed by atoms with Gasteiger partial charge in [0.2, 0.25) is 0 Å². The number of alkyl halides is 3. The smallest absolute Gasteiger partial charge is 0.422 e. The van der Waals surface area contributed by atoms with E-state index < -0.39 is 18.9 Å². The van der Waals surface area contributed by atoms with E-state index in [1.165, 1.54) is 7.11 Å². The summed E-state index contributed by atoms with van der Waals surface area (Å²) in [5.74, 6) is 0.652. The molecule has 28 heavy (non-hydrogen) atoms. The SMILES string of the molecule is COc1cc2c(cc1OCC(F)(F)F)CCN1CC(CC(C)(C)C)C(O)CC21. The molecule has 0 aromatic heterocycles. The number of nitrogens with zero attached hydrogens (tertiary/aromatic N) is 1. The number of benzene rings is 1. The molecule has 1 fully saturated rings. The van der Waals surface area contributed by atoms with Crippen LogP contribution >= 0.6 is 0 Å². The summed E-state index contributed by atoms with van der Waals surface area (Å²) in [4.78, 5) is 2.39. The van der Waals surface area contributed by atoms with Crippen LogP contribution in [0.1, 0.15) is 50.8 Å². The molecule has 0 amide bonds. The number of methoxy groups -OCH3 is 1. The first-order valence-electron chi connectivity index (χ1n) is 9.79. The highest BCUT2D eigenvalue weighted by molar-refractivity contribution is 5.49. The summed E-state index contributed by atoms with van der Waals surface area (Å²) in [6, 6.07) is 3.51. The Morgan fingerprint density at radius 1 is 1.18 bits per heavy atom. The van der Waals surface area contributed by atoms with E-state index in [2.05, 4.69) is 25.7 Å². The van der Waals surface area contributed by atoms with E-state index in [0.717, 1.165) is 37.1 Å². The van der Waals surface area contributed by atoms with Gasteiger partial charge in [0.1, 0.15) is 0 Å². The molecule has 1 N–H and O–H groups in total. The van der Waals surface area contributed by atoms with Gasteiger partial charge in [0.15, 0.2) is 18.1 Å². The molecule has 2 aliphatic rings. The summed E-state index contributed by atoms with van der Waals surface area (Å²) < 4.78 is 47.9. The molecule has 3 unspecified atom stereocenters. The zero-order chi connectivity index (χ0) is 20.7. The molecule has 7 heteroatoms. The van der Waals surface area contributed by atoms with Gasteiger partial charge in [0.05, 0.1) is 13.2 Å². The van der Waals surface area contributed by atoms with E-state index in [1.807, 2.05) is 0 Å². The monoisotopic (exact) mass is 401 g/mol. The highest BCUT2D eigenvalue weighted by Gasteiger charge is 2.40. The van der Waals surface area contributed by atoms with Crippen molar-refractivity contribution in [3.05, 3.63) is 23.3 Å². The van der Waals surface area contributed by atoms with Gasteiger partial charge in [-0.25, -0.2) is 0 Å². The third-order valence-electron chi connectivity index (χ3n) is 5.64. The zero-order valence-electron chi connectivity index (χ0n) is 17.0. The minimum absolute atomic E-state index is 0.0561. The van der Waals surface area contributed by atoms with E-state index in [1.54, 1.807) is 12.1 Å². The van der Waals surface area contributed by atoms with Crippen LogP contribution in [0.5, 0.6) is 11.5 Å². The first kappa shape index (κ1) is 21.2. The Kier molecular flexibility index (Phi) is 5.88. The van der Waals surface area contributed by atoms with Crippen LogP contribution < -0.4 is 9.47 Å². The lowest BCUT2D eigenvalue weighted by Crippen LogP contribution is -2.48. The molecule has 4 nitrogen and oxygen atoms in total. The number of hydrogen-bond donors (Lipinski definition) is 1. The predicted octanol–water partition coefficient (Wildman–Crippen LogP) is 4.35. The number of ether oxygens (including phenoxy) is 2. The van der Waals surface area contributed by atoms with Crippen LogP contribution in [0.15, 0.2) is 12.1 Å². The maximum Gasteiger partial charge on any atom is 0.422 e. The Labute approximate surface area is 164 Å². The van der Waals surface area contributed by atoms with Gasteiger partial charge in [0, 0.05) is 19.1 Å². The molecule has 0 radical (unpaired) electrons. The largest absolute Gasteiger partial charge is 0.493 e. The summed E-state index contributed by atoms with van der Waals surface area (Å²) in [5, 5.41) is 10.7. The second kappa shape index (κ2) is 7.75. The Morgan fingerprint density at radius 3 is 2.50 bits per heavy atom. The van der Waals surface area contributed by atoms with E-state index in [-0.39, 0.29) is 23.1 Å². The molecule has 0 aliphatic carbocycles. The van der Waals surface area contributed by atoms with Gasteiger partial charge in [-0.1, -0.05) is 20.8 Å². The summed E-state index contributed by atoms with van der Waals surface area (Å²) in [5.41, 5.74) is 2.15. The molecule has 3 atom stereocenters. The van der Waals surface area contributed by atoms with Crippen LogP contribution in [-0.2, 0) is 6.42 Å². The van der Waals surface area contributed by atoms with Crippen molar-refractivity contribution < 1.29 is 27.8 Å². The molecule has 1 aromatic rings. The van der Waals surface area contributed by atoms with Crippen molar-refractivity contribution >= 4 is 0 Å². The molecule has 0 bridgehead atoms. The van der Waals surface area contributed by atoms with Crippen molar-refractivity contribution in [2.75, 3.05) is 26.8 Å². The van der Waals surface area contributed by atoms with Crippen molar-refractivity contribution in [2.24, 2.45) is 11.3 Å². The third-order valence-corrected chi connectivity index (χ3v) is 5.64. The van der Waals surface area contributed by atoms with Gasteiger partial charge < -0.3 is 14.6 Å². The predicted molar refractivity (Wildman–Crippen MR) is 101 cm³/mol. The summed E-state index contributed by atoms with van der Waals surface area (Å²) in [6.07, 6.45) is -2.46. The minimum Gasteiger partial charge on any atom is -0.493 e. The average Bonchev–Trinajstić information content (AvgIpc) is 2.58. The standard InChI is InChI=1S/C21H30F3NO3/c1-20(2,3)10-14-11-25-6-5-13-7-19(28-12-21(22,23)24)18(27-4)8-15(13)16(25)9-17(14)26/h7-8,14,16-17,26H,5-6,9-12H2,1-4H3. The lowest BCUT2D eigenvalue weighted by molar-refractivity contribution is -0.153. The lowest BCUT2D eigenvalue weighted by atomic mass is 9.75. The van der Waals surface area contributed by atoms with E-state index in [4.69, 9.17) is 9.47 Å². The number of aliphatic hydroxyl groups excluding tert-OH is 1. The van der Waals surface area contributed by atoms with Crippen LogP contribution in [0.2, 0.25) is 0 Å². The normalized spacial score (nSPS) is 25.8. The Hall–Kier alpha value is -1.47. The summed E-state index contributed by atoms with van der Waals surface area (Å²) in [6.45, 7) is 6.87. The van der Waals surface area contributed by atoms with Gasteiger partial charge in [-0.2, -0.15) is 13.2 Å². The van der Waals surface area contributed by atoms with Crippen LogP contribution in [0.4, 0.5) is 13.2 Å². The van der Waals surface area contributed by atoms with Gasteiger partial charge in [-0.15, -0.1) is 0 Å². The zero-order valence-corrected chi connectivity index (χ0v) is 17.0. The molecule has 0 spiro atoms. The van der Waals surface area contributed by atoms with E-state index >= 15 is 0 Å². The van der Waals surface area contributed by atoms with Crippen LogP contribution in [0.3, 0.4) is 0 Å². The van der Waals surface area contributed by atoms with E-state index in [0.29, 0.717) is 12.2 Å². The quantitative estimate of drug-likeness (QED) is 0.814. The van der Waals surface area contributed by atoms with Crippen molar-refractivity contribution in [3.8, 4) is 11.5 Å². The first-order valence-corrected chi connectivity index (χ1v) is 9.79. The van der Waals surface area contributed by atoms with Gasteiger partial charge >= 0.3 is 6.18 Å². The molecule has 1 saturated heterocycles. The molecular weight excluding hydrogens is 371 g/mol. The van der Waals surface area contributed by atoms with Crippen molar-refractivity contribution in [1.82, 2.24) is 4.90 Å². The van der Waals surface area contributed by atoms with Gasteiger partial charge in [-0.3, -0.25) is 4.90 Å². The topological polar surface area (TPSA) is 41.9 Å². The maximum absolute atomic E-state index is 12.5. The lowest BCUT2D eigenvalue weighted by Gasteiger charge is -2.47. The summed E-state index contributed by atoms with van der Waals surface area (Å²) in [7, 11) is 1.43. The molecule has 158 valence electrons. The Balaban J connectivity index is 1.82. The van der Waals surface area contributed by atoms with Crippen molar-refractivity contribution in [1.29, 1.82) is 0 Å². The molecule has 3 rings (SSSR count). The molecule has 2 heterocycles. The highest BCUT2D eigenvalue weighted by Crippen LogP contribution is 2.44. The van der Waals surface area contributed by atoms with E-state index in [9.17, 15) is 18.3 Å². The van der Waals surface area contributed by atoms with Gasteiger partial charge in [0.25, 0.3) is 0 Å². The Morgan fingerprint density at radius 2 is 1.89 bits per heavy atom. The molecule has 0 saturated carbocycles. The fraction of sp³-hybridized carbons (Fsp3) is 0.714. The van der Waals surface area contributed by atoms with Crippen molar-refractivity contribution in [3.63, 3.8) is 0 Å². The molecule has 2 aliphatic heterocycles.